The maximum absolute atomic E-state index is 13.3. The molecule has 0 aliphatic carbocycles. The number of hydrogen-bond donors (Lipinski definition) is 2. The molecular weight excluding hydrogens is 580 g/mol. The molecule has 12 nitrogen and oxygen atoms in total. The molecule has 1 aromatic carbocycles. The Bertz CT molecular complexity index is 1110. The highest BCUT2D eigenvalue weighted by molar-refractivity contribution is 5.98. The third-order valence-electron chi connectivity index (χ3n) is 6.85. The number of nitrogens with zero attached hydrogens (tertiary/aromatic N) is 2. The van der Waals surface area contributed by atoms with Gasteiger partial charge in [-0.15, -0.1) is 0 Å². The molecule has 0 bridgehead atoms. The Hall–Kier alpha value is -3.34. The summed E-state index contributed by atoms with van der Waals surface area (Å²) in [4.78, 5) is 38.3. The number of allylic oxidation sites excluding steroid dienone is 1. The van der Waals surface area contributed by atoms with Crippen LogP contribution in [-0.2, 0) is 38.1 Å². The van der Waals surface area contributed by atoms with Gasteiger partial charge < -0.3 is 39.2 Å². The highest BCUT2D eigenvalue weighted by atomic mass is 16.6. The summed E-state index contributed by atoms with van der Waals surface area (Å²) in [5.74, 6) is -1.10. The fraction of sp³-hybridized carbons (Fsp3) is 0.636. The van der Waals surface area contributed by atoms with Gasteiger partial charge in [0.1, 0.15) is 11.6 Å². The summed E-state index contributed by atoms with van der Waals surface area (Å²) in [6.07, 6.45) is 2.32. The lowest BCUT2D eigenvalue weighted by molar-refractivity contribution is -0.127. The van der Waals surface area contributed by atoms with Gasteiger partial charge in [0.25, 0.3) is 5.91 Å². The molecule has 0 unspecified atom stereocenters. The first-order chi connectivity index (χ1) is 21.7. The van der Waals surface area contributed by atoms with Crippen molar-refractivity contribution in [3.05, 3.63) is 47.0 Å². The van der Waals surface area contributed by atoms with E-state index in [0.29, 0.717) is 92.1 Å². The topological polar surface area (TPSA) is 148 Å². The summed E-state index contributed by atoms with van der Waals surface area (Å²) in [6, 6.07) is 10.0. The van der Waals surface area contributed by atoms with E-state index in [2.05, 4.69) is 16.7 Å². The second kappa shape index (κ2) is 21.4. The molecule has 1 aliphatic rings. The van der Waals surface area contributed by atoms with Crippen molar-refractivity contribution in [3.8, 4) is 6.07 Å². The molecule has 2 atom stereocenters. The van der Waals surface area contributed by atoms with Crippen molar-refractivity contribution in [2.24, 2.45) is 11.3 Å². The van der Waals surface area contributed by atoms with Crippen LogP contribution in [0.25, 0.3) is 0 Å². The molecule has 45 heavy (non-hydrogen) atoms. The molecule has 1 fully saturated rings. The smallest absolute Gasteiger partial charge is 0.264 e. The Kier molecular flexibility index (Phi) is 18.0. The monoisotopic (exact) mass is 630 g/mol. The lowest BCUT2D eigenvalue weighted by Crippen LogP contribution is -2.37. The van der Waals surface area contributed by atoms with Gasteiger partial charge in [0, 0.05) is 32.1 Å². The van der Waals surface area contributed by atoms with Gasteiger partial charge in [-0.1, -0.05) is 56.7 Å². The zero-order chi connectivity index (χ0) is 32.9. The zero-order valence-electron chi connectivity index (χ0n) is 27.2. The first kappa shape index (κ1) is 37.8. The highest BCUT2D eigenvalue weighted by Gasteiger charge is 2.41. The number of ether oxygens (including phenoxy) is 5. The first-order valence-electron chi connectivity index (χ1n) is 15.5. The number of carbonyl (C=O) groups is 3. The van der Waals surface area contributed by atoms with E-state index in [1.165, 1.54) is 0 Å². The molecular formula is C33H50N4O8. The second-order valence-electron chi connectivity index (χ2n) is 11.8. The van der Waals surface area contributed by atoms with Crippen LogP contribution in [-0.4, -0.2) is 115 Å². The Morgan fingerprint density at radius 1 is 0.911 bits per heavy atom. The summed E-state index contributed by atoms with van der Waals surface area (Å²) in [6.45, 7) is 13.5. The van der Waals surface area contributed by atoms with Gasteiger partial charge in [0.05, 0.1) is 72.0 Å². The predicted octanol–water partition coefficient (Wildman–Crippen LogP) is 1.98. The Morgan fingerprint density at radius 3 is 1.98 bits per heavy atom. The van der Waals surface area contributed by atoms with Crippen LogP contribution in [0.2, 0.25) is 0 Å². The third kappa shape index (κ3) is 15.5. The van der Waals surface area contributed by atoms with Gasteiger partial charge in [-0.3, -0.25) is 14.4 Å². The quantitative estimate of drug-likeness (QED) is 0.0849. The average molecular weight is 631 g/mol. The lowest BCUT2D eigenvalue weighted by Gasteiger charge is -2.18. The van der Waals surface area contributed by atoms with E-state index < -0.39 is 5.92 Å². The number of aryl methyl sites for hydroxylation is 1. The van der Waals surface area contributed by atoms with Gasteiger partial charge in [0.15, 0.2) is 0 Å². The number of carbonyl (C=O) groups excluding carboxylic acids is 3. The van der Waals surface area contributed by atoms with E-state index in [9.17, 15) is 19.6 Å². The average Bonchev–Trinajstić information content (AvgIpc) is 3.46. The molecule has 2 rings (SSSR count). The number of nitrogens with one attached hydrogen (secondary N) is 2. The molecule has 250 valence electrons. The normalized spacial score (nSPS) is 16.8. The minimum absolute atomic E-state index is 0.0992. The molecule has 1 saturated heterocycles. The molecule has 2 N–H and O–H groups in total. The van der Waals surface area contributed by atoms with Crippen molar-refractivity contribution >= 4 is 18.2 Å². The molecule has 1 aromatic rings. The maximum atomic E-state index is 13.3. The van der Waals surface area contributed by atoms with Crippen molar-refractivity contribution in [2.75, 3.05) is 92.2 Å². The van der Waals surface area contributed by atoms with Crippen LogP contribution in [0.5, 0.6) is 0 Å². The lowest BCUT2D eigenvalue weighted by atomic mass is 9.87. The van der Waals surface area contributed by atoms with E-state index in [4.69, 9.17) is 23.7 Å². The van der Waals surface area contributed by atoms with Crippen LogP contribution in [0.3, 0.4) is 0 Å². The molecule has 12 heteroatoms. The molecule has 0 aromatic heterocycles. The van der Waals surface area contributed by atoms with Crippen LogP contribution >= 0.6 is 0 Å². The zero-order valence-corrected chi connectivity index (χ0v) is 27.2. The van der Waals surface area contributed by atoms with Crippen molar-refractivity contribution < 1.29 is 38.1 Å². The molecule has 0 spiro atoms. The maximum Gasteiger partial charge on any atom is 0.264 e. The Morgan fingerprint density at radius 2 is 1.47 bits per heavy atom. The molecule has 3 amide bonds. The van der Waals surface area contributed by atoms with Gasteiger partial charge in [-0.05, 0) is 17.9 Å². The predicted molar refractivity (Wildman–Crippen MR) is 168 cm³/mol. The largest absolute Gasteiger partial charge is 0.377 e. The minimum atomic E-state index is -0.441. The summed E-state index contributed by atoms with van der Waals surface area (Å²) in [5, 5.41) is 15.1. The highest BCUT2D eigenvalue weighted by Crippen LogP contribution is 2.34. The first-order valence-corrected chi connectivity index (χ1v) is 15.5. The number of amides is 3. The van der Waals surface area contributed by atoms with Crippen molar-refractivity contribution in [3.63, 3.8) is 0 Å². The van der Waals surface area contributed by atoms with E-state index in [1.54, 1.807) is 11.0 Å². The van der Waals surface area contributed by atoms with E-state index >= 15 is 0 Å². The standard InChI is InChI=1S/C33H50N4O8/c1-26-6-5-7-27(20-26)29-23-37(32(40)28(22-34)21-33(2,3)4)24-30(29)31(39)36-9-11-42-13-15-44-17-19-45-18-16-43-14-12-41-10-8-35-25-38/h5-7,20-21,25,29-30H,8-19,23-24H2,1-4H3,(H,35,38)(H,36,39)/b28-21+/t29-,30+/m0/s1. The van der Waals surface area contributed by atoms with Crippen LogP contribution < -0.4 is 10.6 Å². The van der Waals surface area contributed by atoms with E-state index in [1.807, 2.05) is 52.0 Å². The van der Waals surface area contributed by atoms with Crippen LogP contribution in [0, 0.1) is 29.6 Å². The Labute approximate surface area is 267 Å². The molecule has 0 radical (unpaired) electrons. The van der Waals surface area contributed by atoms with Crippen molar-refractivity contribution in [2.45, 2.75) is 33.6 Å². The van der Waals surface area contributed by atoms with Crippen LogP contribution in [0.4, 0.5) is 0 Å². The molecule has 1 aliphatic heterocycles. The van der Waals surface area contributed by atoms with Gasteiger partial charge >= 0.3 is 0 Å². The van der Waals surface area contributed by atoms with E-state index in [0.717, 1.165) is 11.1 Å². The summed E-state index contributed by atoms with van der Waals surface area (Å²) >= 11 is 0. The minimum Gasteiger partial charge on any atom is -0.377 e. The fourth-order valence-electron chi connectivity index (χ4n) is 4.77. The Balaban J connectivity index is 1.65. The van der Waals surface area contributed by atoms with Gasteiger partial charge in [-0.25, -0.2) is 0 Å². The summed E-state index contributed by atoms with van der Waals surface area (Å²) in [7, 11) is 0. The molecule has 1 heterocycles. The van der Waals surface area contributed by atoms with Crippen molar-refractivity contribution in [1.29, 1.82) is 5.26 Å². The van der Waals surface area contributed by atoms with E-state index in [-0.39, 0.29) is 35.3 Å². The number of likely N-dealkylation sites (tertiary alicyclic amines) is 1. The van der Waals surface area contributed by atoms with Crippen LogP contribution in [0.1, 0.15) is 37.8 Å². The SMILES string of the molecule is Cc1cccc([C@@H]2CN(C(=O)/C(C#N)=C/C(C)(C)C)C[C@H]2C(=O)NCCOCCOCCOCCOCCOCCNC=O)c1. The van der Waals surface area contributed by atoms with Crippen molar-refractivity contribution in [1.82, 2.24) is 15.5 Å². The third-order valence-corrected chi connectivity index (χ3v) is 6.85. The number of benzene rings is 1. The van der Waals surface area contributed by atoms with Gasteiger partial charge in [-0.2, -0.15) is 5.26 Å². The fourth-order valence-corrected chi connectivity index (χ4v) is 4.77. The number of hydrogen-bond acceptors (Lipinski definition) is 9. The molecule has 0 saturated carbocycles. The van der Waals surface area contributed by atoms with Gasteiger partial charge in [0.2, 0.25) is 12.3 Å². The second-order valence-corrected chi connectivity index (χ2v) is 11.8. The van der Waals surface area contributed by atoms with Crippen LogP contribution in [0.15, 0.2) is 35.9 Å². The number of nitriles is 1. The number of rotatable bonds is 22. The summed E-state index contributed by atoms with van der Waals surface area (Å²) in [5.41, 5.74) is 1.86. The summed E-state index contributed by atoms with van der Waals surface area (Å²) < 4.78 is 27.2.